The highest BCUT2D eigenvalue weighted by molar-refractivity contribution is 9.11. The normalized spacial score (nSPS) is 12.7. The van der Waals surface area contributed by atoms with Gasteiger partial charge in [0.1, 0.15) is 0 Å². The smallest absolute Gasteiger partial charge is 0.0935 e. The van der Waals surface area contributed by atoms with E-state index in [9.17, 15) is 0 Å². The van der Waals surface area contributed by atoms with Gasteiger partial charge in [-0.25, -0.2) is 0 Å². The van der Waals surface area contributed by atoms with E-state index < -0.39 is 0 Å². The number of fused-ring (bicyclic) bond motifs is 1. The number of nitrogens with zero attached hydrogens (tertiary/aromatic N) is 2. The lowest BCUT2D eigenvalue weighted by atomic mass is 10.0. The van der Waals surface area contributed by atoms with Crippen molar-refractivity contribution in [2.24, 2.45) is 5.84 Å². The van der Waals surface area contributed by atoms with Crippen LogP contribution in [0.4, 0.5) is 0 Å². The molecular weight excluding hydrogens is 336 g/mol. The van der Waals surface area contributed by atoms with Gasteiger partial charge in [-0.05, 0) is 39.7 Å². The summed E-state index contributed by atoms with van der Waals surface area (Å²) in [6, 6.07) is 10.2. The Morgan fingerprint density at radius 2 is 2.05 bits per heavy atom. The number of hydrogen-bond acceptors (Lipinski definition) is 5. The predicted molar refractivity (Wildman–Crippen MR) is 85.3 cm³/mol. The molecule has 3 rings (SSSR count). The predicted octanol–water partition coefficient (Wildman–Crippen LogP) is 3.20. The molecule has 2 heterocycles. The molecule has 1 unspecified atom stereocenters. The third kappa shape index (κ3) is 2.73. The van der Waals surface area contributed by atoms with Gasteiger partial charge in [-0.3, -0.25) is 21.2 Å². The van der Waals surface area contributed by atoms with E-state index in [1.54, 1.807) is 23.7 Å². The van der Waals surface area contributed by atoms with E-state index in [1.807, 2.05) is 18.2 Å². The quantitative estimate of drug-likeness (QED) is 0.561. The first-order valence-corrected chi connectivity index (χ1v) is 7.79. The largest absolute Gasteiger partial charge is 0.271 e. The SMILES string of the molecule is NNC(Cc1ccc(Br)s1)c1cccc2nccnc12. The Bertz CT molecular complexity index is 723. The lowest BCUT2D eigenvalue weighted by Gasteiger charge is -2.16. The van der Waals surface area contributed by atoms with E-state index in [4.69, 9.17) is 5.84 Å². The summed E-state index contributed by atoms with van der Waals surface area (Å²) in [7, 11) is 0. The molecule has 0 saturated heterocycles. The van der Waals surface area contributed by atoms with Crippen LogP contribution in [0.25, 0.3) is 11.0 Å². The zero-order chi connectivity index (χ0) is 13.9. The highest BCUT2D eigenvalue weighted by Crippen LogP contribution is 2.28. The van der Waals surface area contributed by atoms with Crippen LogP contribution in [-0.4, -0.2) is 9.97 Å². The van der Waals surface area contributed by atoms with Crippen LogP contribution in [0.1, 0.15) is 16.5 Å². The number of para-hydroxylation sites is 1. The molecule has 0 aliphatic heterocycles. The summed E-state index contributed by atoms with van der Waals surface area (Å²) in [6.45, 7) is 0. The Morgan fingerprint density at radius 1 is 1.20 bits per heavy atom. The van der Waals surface area contributed by atoms with E-state index in [0.717, 1.165) is 26.8 Å². The molecule has 1 aromatic carbocycles. The summed E-state index contributed by atoms with van der Waals surface area (Å²) in [6.07, 6.45) is 4.23. The molecule has 102 valence electrons. The first-order chi connectivity index (χ1) is 9.78. The first kappa shape index (κ1) is 13.6. The molecule has 4 nitrogen and oxygen atoms in total. The summed E-state index contributed by atoms with van der Waals surface area (Å²) >= 11 is 5.20. The number of hydrogen-bond donors (Lipinski definition) is 2. The molecule has 3 aromatic rings. The third-order valence-electron chi connectivity index (χ3n) is 3.14. The summed E-state index contributed by atoms with van der Waals surface area (Å²) in [5.41, 5.74) is 5.75. The summed E-state index contributed by atoms with van der Waals surface area (Å²) < 4.78 is 1.13. The molecule has 20 heavy (non-hydrogen) atoms. The van der Waals surface area contributed by atoms with Gasteiger partial charge in [0.05, 0.1) is 20.9 Å². The van der Waals surface area contributed by atoms with Gasteiger partial charge in [-0.15, -0.1) is 11.3 Å². The number of benzene rings is 1. The highest BCUT2D eigenvalue weighted by atomic mass is 79.9. The lowest BCUT2D eigenvalue weighted by molar-refractivity contribution is 0.558. The molecule has 0 fully saturated rings. The Labute approximate surface area is 129 Å². The van der Waals surface area contributed by atoms with Crippen LogP contribution in [0.3, 0.4) is 0 Å². The minimum absolute atomic E-state index is 0.0148. The van der Waals surface area contributed by atoms with Gasteiger partial charge >= 0.3 is 0 Å². The Balaban J connectivity index is 1.98. The van der Waals surface area contributed by atoms with Crippen molar-refractivity contribution in [2.45, 2.75) is 12.5 Å². The summed E-state index contributed by atoms with van der Waals surface area (Å²) in [4.78, 5) is 10.0. The monoisotopic (exact) mass is 348 g/mol. The number of nitrogens with two attached hydrogens (primary N) is 1. The van der Waals surface area contributed by atoms with Gasteiger partial charge in [0.2, 0.25) is 0 Å². The van der Waals surface area contributed by atoms with Crippen LogP contribution in [0.5, 0.6) is 0 Å². The molecular formula is C14H13BrN4S. The van der Waals surface area contributed by atoms with Crippen LogP contribution in [0, 0.1) is 0 Å². The van der Waals surface area contributed by atoms with Gasteiger partial charge in [0.15, 0.2) is 0 Å². The Hall–Kier alpha value is -1.34. The van der Waals surface area contributed by atoms with Crippen molar-refractivity contribution in [1.29, 1.82) is 0 Å². The number of nitrogens with one attached hydrogen (secondary N) is 1. The minimum atomic E-state index is 0.0148. The number of thiophene rings is 1. The van der Waals surface area contributed by atoms with Gasteiger partial charge < -0.3 is 0 Å². The van der Waals surface area contributed by atoms with Crippen molar-refractivity contribution >= 4 is 38.3 Å². The lowest BCUT2D eigenvalue weighted by Crippen LogP contribution is -2.29. The topological polar surface area (TPSA) is 63.8 Å². The van der Waals surface area contributed by atoms with Crippen molar-refractivity contribution in [3.8, 4) is 0 Å². The van der Waals surface area contributed by atoms with Crippen LogP contribution in [0.15, 0.2) is 46.5 Å². The highest BCUT2D eigenvalue weighted by Gasteiger charge is 2.15. The fourth-order valence-electron chi connectivity index (χ4n) is 2.22. The molecule has 2 aromatic heterocycles. The van der Waals surface area contributed by atoms with Crippen molar-refractivity contribution in [3.63, 3.8) is 0 Å². The minimum Gasteiger partial charge on any atom is -0.271 e. The van der Waals surface area contributed by atoms with Crippen LogP contribution >= 0.6 is 27.3 Å². The molecule has 0 spiro atoms. The molecule has 6 heteroatoms. The van der Waals surface area contributed by atoms with E-state index in [2.05, 4.69) is 43.5 Å². The molecule has 0 aliphatic rings. The fourth-order valence-corrected chi connectivity index (χ4v) is 3.75. The molecule has 1 atom stereocenters. The summed E-state index contributed by atoms with van der Waals surface area (Å²) in [5, 5.41) is 0. The van der Waals surface area contributed by atoms with Gasteiger partial charge in [0.25, 0.3) is 0 Å². The van der Waals surface area contributed by atoms with E-state index >= 15 is 0 Å². The molecule has 0 aliphatic carbocycles. The fraction of sp³-hybridized carbons (Fsp3) is 0.143. The molecule has 0 radical (unpaired) electrons. The average molecular weight is 349 g/mol. The maximum atomic E-state index is 5.75. The van der Waals surface area contributed by atoms with E-state index in [1.165, 1.54) is 4.88 Å². The van der Waals surface area contributed by atoms with Gasteiger partial charge in [-0.1, -0.05) is 12.1 Å². The number of hydrazine groups is 1. The van der Waals surface area contributed by atoms with Crippen molar-refractivity contribution in [2.75, 3.05) is 0 Å². The van der Waals surface area contributed by atoms with Crippen molar-refractivity contribution in [3.05, 3.63) is 57.0 Å². The first-order valence-electron chi connectivity index (χ1n) is 6.18. The van der Waals surface area contributed by atoms with Crippen LogP contribution < -0.4 is 11.3 Å². The molecule has 0 saturated carbocycles. The second kappa shape index (κ2) is 5.97. The second-order valence-corrected chi connectivity index (χ2v) is 6.95. The van der Waals surface area contributed by atoms with Crippen molar-refractivity contribution < 1.29 is 0 Å². The maximum Gasteiger partial charge on any atom is 0.0935 e. The molecule has 0 amide bonds. The Kier molecular flexibility index (Phi) is 4.07. The molecule has 3 N–H and O–H groups in total. The molecule has 0 bridgehead atoms. The zero-order valence-corrected chi connectivity index (χ0v) is 13.0. The number of halogens is 1. The van der Waals surface area contributed by atoms with Gasteiger partial charge in [0, 0.05) is 23.7 Å². The summed E-state index contributed by atoms with van der Waals surface area (Å²) in [5.74, 6) is 5.75. The van der Waals surface area contributed by atoms with Crippen LogP contribution in [0.2, 0.25) is 0 Å². The third-order valence-corrected chi connectivity index (χ3v) is 4.79. The zero-order valence-electron chi connectivity index (χ0n) is 10.6. The second-order valence-electron chi connectivity index (χ2n) is 4.40. The maximum absolute atomic E-state index is 5.75. The van der Waals surface area contributed by atoms with Gasteiger partial charge in [-0.2, -0.15) is 0 Å². The van der Waals surface area contributed by atoms with Crippen molar-refractivity contribution in [1.82, 2.24) is 15.4 Å². The Morgan fingerprint density at radius 3 is 2.80 bits per heavy atom. The van der Waals surface area contributed by atoms with Crippen LogP contribution in [-0.2, 0) is 6.42 Å². The van der Waals surface area contributed by atoms with E-state index in [0.29, 0.717) is 0 Å². The number of rotatable bonds is 4. The van der Waals surface area contributed by atoms with E-state index in [-0.39, 0.29) is 6.04 Å². The standard InChI is InChI=1S/C14H13BrN4S/c15-13-5-4-9(20-13)8-12(19-16)10-2-1-3-11-14(10)18-7-6-17-11/h1-7,12,19H,8,16H2. The number of aromatic nitrogens is 2. The average Bonchev–Trinajstić information content (AvgIpc) is 2.89.